The Balaban J connectivity index is 2.16. The molecule has 166 valence electrons. The van der Waals surface area contributed by atoms with Crippen molar-refractivity contribution in [3.05, 3.63) is 65.7 Å². The van der Waals surface area contributed by atoms with E-state index >= 15 is 0 Å². The van der Waals surface area contributed by atoms with Gasteiger partial charge >= 0.3 is 0 Å². The van der Waals surface area contributed by atoms with Crippen molar-refractivity contribution in [3.63, 3.8) is 0 Å². The summed E-state index contributed by atoms with van der Waals surface area (Å²) in [5.74, 6) is 1.17. The van der Waals surface area contributed by atoms with Gasteiger partial charge in [0.05, 0.1) is 25.0 Å². The van der Waals surface area contributed by atoms with Crippen LogP contribution in [0.15, 0.2) is 54.6 Å². The molecule has 0 saturated heterocycles. The highest BCUT2D eigenvalue weighted by molar-refractivity contribution is 7.89. The van der Waals surface area contributed by atoms with Gasteiger partial charge < -0.3 is 14.2 Å². The smallest absolute Gasteiger partial charge is 0.212 e. The SMILES string of the molecule is CC[C@H](C)COc1cccc(C(NS(=O)(=O)CCCOCOC)c2ccccc2)c1. The zero-order chi connectivity index (χ0) is 21.8. The maximum Gasteiger partial charge on any atom is 0.212 e. The number of hydrogen-bond donors (Lipinski definition) is 1. The molecule has 7 heteroatoms. The average molecular weight is 436 g/mol. The van der Waals surface area contributed by atoms with Crippen LogP contribution in [-0.2, 0) is 19.5 Å². The van der Waals surface area contributed by atoms with E-state index in [4.69, 9.17) is 14.2 Å². The fourth-order valence-electron chi connectivity index (χ4n) is 2.85. The van der Waals surface area contributed by atoms with Crippen molar-refractivity contribution < 1.29 is 22.6 Å². The summed E-state index contributed by atoms with van der Waals surface area (Å²) in [5, 5.41) is 0. The van der Waals surface area contributed by atoms with Gasteiger partial charge in [-0.15, -0.1) is 0 Å². The molecule has 0 aliphatic rings. The van der Waals surface area contributed by atoms with Crippen molar-refractivity contribution >= 4 is 10.0 Å². The standard InChI is InChI=1S/C23H33NO5S/c1-4-19(2)17-29-22-13-8-12-21(16-22)23(20-10-6-5-7-11-20)24-30(25,26)15-9-14-28-18-27-3/h5-8,10-13,16,19,23-24H,4,9,14-15,17-18H2,1-3H3/t19-,23?/m0/s1. The topological polar surface area (TPSA) is 73.9 Å². The van der Waals surface area contributed by atoms with Crippen molar-refractivity contribution in [2.75, 3.05) is 32.9 Å². The molecule has 0 amide bonds. The van der Waals surface area contributed by atoms with Crippen LogP contribution >= 0.6 is 0 Å². The summed E-state index contributed by atoms with van der Waals surface area (Å²) < 4.78 is 44.2. The van der Waals surface area contributed by atoms with E-state index in [9.17, 15) is 8.42 Å². The zero-order valence-corrected chi connectivity index (χ0v) is 18.9. The predicted molar refractivity (Wildman–Crippen MR) is 119 cm³/mol. The summed E-state index contributed by atoms with van der Waals surface area (Å²) in [7, 11) is -1.99. The van der Waals surface area contributed by atoms with Crippen LogP contribution in [-0.4, -0.2) is 41.3 Å². The van der Waals surface area contributed by atoms with Gasteiger partial charge in [-0.25, -0.2) is 13.1 Å². The fourth-order valence-corrected chi connectivity index (χ4v) is 4.09. The summed E-state index contributed by atoms with van der Waals surface area (Å²) in [6, 6.07) is 16.7. The van der Waals surface area contributed by atoms with E-state index in [1.165, 1.54) is 7.11 Å². The Bertz CT molecular complexity index is 842. The number of rotatable bonds is 14. The highest BCUT2D eigenvalue weighted by Crippen LogP contribution is 2.26. The maximum absolute atomic E-state index is 12.7. The second-order valence-corrected chi connectivity index (χ2v) is 9.22. The second-order valence-electron chi connectivity index (χ2n) is 7.35. The van der Waals surface area contributed by atoms with Gasteiger partial charge in [0.1, 0.15) is 12.5 Å². The van der Waals surface area contributed by atoms with Gasteiger partial charge in [0, 0.05) is 7.11 Å². The summed E-state index contributed by atoms with van der Waals surface area (Å²) in [6.45, 7) is 5.38. The molecule has 0 spiro atoms. The highest BCUT2D eigenvalue weighted by atomic mass is 32.2. The van der Waals surface area contributed by atoms with Gasteiger partial charge in [-0.3, -0.25) is 0 Å². The van der Waals surface area contributed by atoms with Crippen molar-refractivity contribution in [3.8, 4) is 5.75 Å². The molecular weight excluding hydrogens is 402 g/mol. The van der Waals surface area contributed by atoms with E-state index in [0.29, 0.717) is 25.6 Å². The van der Waals surface area contributed by atoms with E-state index < -0.39 is 16.1 Å². The number of sulfonamides is 1. The lowest BCUT2D eigenvalue weighted by Crippen LogP contribution is -2.31. The molecule has 0 aromatic heterocycles. The van der Waals surface area contributed by atoms with E-state index in [0.717, 1.165) is 23.3 Å². The van der Waals surface area contributed by atoms with Crippen molar-refractivity contribution in [2.24, 2.45) is 5.92 Å². The first-order chi connectivity index (χ1) is 14.4. The highest BCUT2D eigenvalue weighted by Gasteiger charge is 2.21. The summed E-state index contributed by atoms with van der Waals surface area (Å²) >= 11 is 0. The Hall–Kier alpha value is -1.93. The molecule has 0 heterocycles. The maximum atomic E-state index is 12.7. The predicted octanol–water partition coefficient (Wildman–Crippen LogP) is 4.13. The zero-order valence-electron chi connectivity index (χ0n) is 18.0. The first-order valence-electron chi connectivity index (χ1n) is 10.3. The van der Waals surface area contributed by atoms with Gasteiger partial charge in [0.25, 0.3) is 0 Å². The molecule has 0 bridgehead atoms. The number of nitrogens with one attached hydrogen (secondary N) is 1. The van der Waals surface area contributed by atoms with E-state index in [1.54, 1.807) is 0 Å². The molecular formula is C23H33NO5S. The van der Waals surface area contributed by atoms with Gasteiger partial charge in [-0.2, -0.15) is 0 Å². The summed E-state index contributed by atoms with van der Waals surface area (Å²) in [4.78, 5) is 0. The van der Waals surface area contributed by atoms with Crippen LogP contribution in [0.5, 0.6) is 5.75 Å². The van der Waals surface area contributed by atoms with Crippen LogP contribution in [0.3, 0.4) is 0 Å². The molecule has 30 heavy (non-hydrogen) atoms. The third-order valence-corrected chi connectivity index (χ3v) is 6.18. The van der Waals surface area contributed by atoms with Crippen LogP contribution in [0.2, 0.25) is 0 Å². The molecule has 0 radical (unpaired) electrons. The Labute approximate surface area is 180 Å². The van der Waals surface area contributed by atoms with Crippen LogP contribution < -0.4 is 9.46 Å². The van der Waals surface area contributed by atoms with Gasteiger partial charge in [0.2, 0.25) is 10.0 Å². The molecule has 6 nitrogen and oxygen atoms in total. The number of methoxy groups -OCH3 is 1. The fraction of sp³-hybridized carbons (Fsp3) is 0.478. The van der Waals surface area contributed by atoms with Crippen molar-refractivity contribution in [2.45, 2.75) is 32.7 Å². The Morgan fingerprint density at radius 1 is 1.03 bits per heavy atom. The molecule has 0 aliphatic carbocycles. The minimum absolute atomic E-state index is 0.0236. The molecule has 0 saturated carbocycles. The Morgan fingerprint density at radius 2 is 1.77 bits per heavy atom. The lowest BCUT2D eigenvalue weighted by atomic mass is 9.99. The molecule has 1 N–H and O–H groups in total. The normalized spacial score (nSPS) is 13.7. The molecule has 2 aromatic rings. The molecule has 0 fully saturated rings. The Kier molecular flexibility index (Phi) is 10.3. The average Bonchev–Trinajstić information content (AvgIpc) is 2.76. The second kappa shape index (κ2) is 12.7. The largest absolute Gasteiger partial charge is 0.493 e. The van der Waals surface area contributed by atoms with Crippen LogP contribution in [0.1, 0.15) is 43.9 Å². The Morgan fingerprint density at radius 3 is 2.47 bits per heavy atom. The monoisotopic (exact) mass is 435 g/mol. The van der Waals surface area contributed by atoms with Crippen molar-refractivity contribution in [1.29, 1.82) is 0 Å². The molecule has 2 rings (SSSR count). The first kappa shape index (κ1) is 24.3. The summed E-state index contributed by atoms with van der Waals surface area (Å²) in [5.41, 5.74) is 1.71. The molecule has 0 aliphatic heterocycles. The number of ether oxygens (including phenoxy) is 3. The van der Waals surface area contributed by atoms with Crippen molar-refractivity contribution in [1.82, 2.24) is 4.72 Å². The molecule has 2 aromatic carbocycles. The molecule has 2 atom stereocenters. The lowest BCUT2D eigenvalue weighted by molar-refractivity contribution is -0.0298. The van der Waals surface area contributed by atoms with E-state index in [-0.39, 0.29) is 12.5 Å². The minimum Gasteiger partial charge on any atom is -0.493 e. The van der Waals surface area contributed by atoms with Gasteiger partial charge in [-0.1, -0.05) is 62.7 Å². The number of hydrogen-bond acceptors (Lipinski definition) is 5. The first-order valence-corrected chi connectivity index (χ1v) is 11.9. The van der Waals surface area contributed by atoms with Crippen LogP contribution in [0, 0.1) is 5.92 Å². The quantitative estimate of drug-likeness (QED) is 0.357. The third-order valence-electron chi connectivity index (χ3n) is 4.76. The van der Waals surface area contributed by atoms with Crippen LogP contribution in [0.25, 0.3) is 0 Å². The number of benzene rings is 2. The lowest BCUT2D eigenvalue weighted by Gasteiger charge is -2.21. The van der Waals surface area contributed by atoms with Gasteiger partial charge in [-0.05, 0) is 35.6 Å². The van der Waals surface area contributed by atoms with Gasteiger partial charge in [0.15, 0.2) is 0 Å². The minimum atomic E-state index is -3.52. The summed E-state index contributed by atoms with van der Waals surface area (Å²) in [6.07, 6.45) is 1.43. The van der Waals surface area contributed by atoms with E-state index in [1.807, 2.05) is 54.6 Å². The van der Waals surface area contributed by atoms with E-state index in [2.05, 4.69) is 18.6 Å². The van der Waals surface area contributed by atoms with Crippen LogP contribution in [0.4, 0.5) is 0 Å². The third kappa shape index (κ3) is 8.44. The molecule has 1 unspecified atom stereocenters.